The van der Waals surface area contributed by atoms with Crippen molar-refractivity contribution in [3.8, 4) is 0 Å². The quantitative estimate of drug-likeness (QED) is 0.242. The molecular formula is C9H15BO7. The zero-order valence-corrected chi connectivity index (χ0v) is 9.53. The summed E-state index contributed by atoms with van der Waals surface area (Å²) in [5.41, 5.74) is -0.778. The van der Waals surface area contributed by atoms with E-state index in [-0.39, 0.29) is 5.82 Å². The first-order valence-corrected chi connectivity index (χ1v) is 5.30. The van der Waals surface area contributed by atoms with Gasteiger partial charge in [-0.2, -0.15) is 4.89 Å². The summed E-state index contributed by atoms with van der Waals surface area (Å²) in [4.78, 5) is 5.08. The maximum absolute atomic E-state index is 7.74. The van der Waals surface area contributed by atoms with Crippen LogP contribution in [0.15, 0.2) is 12.2 Å². The number of allylic oxidation sites excluding steroid dienone is 1. The molecule has 0 aromatic rings. The first-order chi connectivity index (χ1) is 8.21. The van der Waals surface area contributed by atoms with Gasteiger partial charge in [-0.15, -0.1) is 0 Å². The maximum Gasteiger partial charge on any atom is 0.120 e. The number of hydrogen-bond donors (Lipinski definition) is 1. The molecule has 8 heteroatoms. The SMILES string of the molecule is [B]C(C)C1(OOOOOOO)C=CCCCC1. The molecule has 0 aromatic carbocycles. The maximum atomic E-state index is 7.74. The molecule has 0 aliphatic heterocycles. The Hall–Kier alpha value is -0.475. The van der Waals surface area contributed by atoms with Crippen LogP contribution in [0.3, 0.4) is 0 Å². The average molecular weight is 246 g/mol. The van der Waals surface area contributed by atoms with Crippen LogP contribution in [0, 0.1) is 0 Å². The predicted octanol–water partition coefficient (Wildman–Crippen LogP) is 1.98. The molecule has 2 unspecified atom stereocenters. The molecule has 2 atom stereocenters. The van der Waals surface area contributed by atoms with Crippen molar-refractivity contribution < 1.29 is 35.3 Å². The third-order valence-corrected chi connectivity index (χ3v) is 2.66. The standard InChI is InChI=1S/C9H15BO7/c1-8(10)9(6-4-2-3-5-7-9)12-14-16-17-15-13-11/h4,6,8,11H,2-3,5,7H2,1H3. The Morgan fingerprint density at radius 3 is 2.71 bits per heavy atom. The molecule has 1 aliphatic rings. The third kappa shape index (κ3) is 4.72. The molecule has 0 saturated heterocycles. The predicted molar refractivity (Wildman–Crippen MR) is 54.7 cm³/mol. The molecule has 1 rings (SSSR count). The van der Waals surface area contributed by atoms with E-state index in [9.17, 15) is 0 Å². The van der Waals surface area contributed by atoms with Gasteiger partial charge < -0.3 is 0 Å². The summed E-state index contributed by atoms with van der Waals surface area (Å²) >= 11 is 0. The van der Waals surface area contributed by atoms with Crippen LogP contribution in [0.25, 0.3) is 0 Å². The van der Waals surface area contributed by atoms with Gasteiger partial charge in [-0.05, 0) is 56.7 Å². The molecule has 0 fully saturated rings. The van der Waals surface area contributed by atoms with Gasteiger partial charge >= 0.3 is 0 Å². The molecule has 1 N–H and O–H groups in total. The Kier molecular flexibility index (Phi) is 6.67. The van der Waals surface area contributed by atoms with Crippen molar-refractivity contribution in [1.29, 1.82) is 0 Å². The van der Waals surface area contributed by atoms with Crippen molar-refractivity contribution in [2.24, 2.45) is 0 Å². The highest BCUT2D eigenvalue weighted by molar-refractivity contribution is 6.12. The van der Waals surface area contributed by atoms with Gasteiger partial charge in [0.15, 0.2) is 0 Å². The molecule has 0 bridgehead atoms. The summed E-state index contributed by atoms with van der Waals surface area (Å²) < 4.78 is 0. The van der Waals surface area contributed by atoms with Crippen LogP contribution in [-0.2, 0) is 30.1 Å². The lowest BCUT2D eigenvalue weighted by Crippen LogP contribution is -2.34. The van der Waals surface area contributed by atoms with Gasteiger partial charge in [0.1, 0.15) is 5.60 Å². The van der Waals surface area contributed by atoms with E-state index >= 15 is 0 Å². The van der Waals surface area contributed by atoms with Crippen molar-refractivity contribution in [1.82, 2.24) is 0 Å². The van der Waals surface area contributed by atoms with E-state index in [4.69, 9.17) is 18.0 Å². The zero-order valence-electron chi connectivity index (χ0n) is 9.53. The van der Waals surface area contributed by atoms with Crippen LogP contribution in [0.1, 0.15) is 32.6 Å². The minimum atomic E-state index is -0.778. The second kappa shape index (κ2) is 7.77. The van der Waals surface area contributed by atoms with Crippen molar-refractivity contribution in [3.63, 3.8) is 0 Å². The Balaban J connectivity index is 2.41. The van der Waals surface area contributed by atoms with Crippen LogP contribution in [-0.4, -0.2) is 18.7 Å². The van der Waals surface area contributed by atoms with Crippen LogP contribution in [0.2, 0.25) is 5.82 Å². The van der Waals surface area contributed by atoms with Crippen LogP contribution >= 0.6 is 0 Å². The minimum Gasteiger partial charge on any atom is -0.219 e. The fraction of sp³-hybridized carbons (Fsp3) is 0.778. The van der Waals surface area contributed by atoms with Crippen molar-refractivity contribution in [2.75, 3.05) is 0 Å². The molecule has 96 valence electrons. The summed E-state index contributed by atoms with van der Waals surface area (Å²) in [6.45, 7) is 1.80. The summed E-state index contributed by atoms with van der Waals surface area (Å²) in [6, 6.07) is 0. The van der Waals surface area contributed by atoms with Gasteiger partial charge in [-0.1, -0.05) is 19.1 Å². The summed E-state index contributed by atoms with van der Waals surface area (Å²) in [7, 11) is 5.86. The zero-order chi connectivity index (χ0) is 12.6. The van der Waals surface area contributed by atoms with Gasteiger partial charge in [0.05, 0.1) is 7.85 Å². The molecule has 0 saturated carbocycles. The molecule has 2 radical (unpaired) electrons. The van der Waals surface area contributed by atoms with E-state index in [2.05, 4.69) is 25.2 Å². The minimum absolute atomic E-state index is 0.296. The largest absolute Gasteiger partial charge is 0.219 e. The van der Waals surface area contributed by atoms with Gasteiger partial charge in [0, 0.05) is 0 Å². The molecule has 0 spiro atoms. The first-order valence-electron chi connectivity index (χ1n) is 5.30. The highest BCUT2D eigenvalue weighted by Gasteiger charge is 2.34. The highest BCUT2D eigenvalue weighted by atomic mass is 17.9. The molecule has 7 nitrogen and oxygen atoms in total. The Bertz CT molecular complexity index is 235. The molecule has 1 aliphatic carbocycles. The van der Waals surface area contributed by atoms with E-state index in [1.54, 1.807) is 6.92 Å². The van der Waals surface area contributed by atoms with Gasteiger partial charge in [0.25, 0.3) is 0 Å². The first kappa shape index (κ1) is 14.6. The second-order valence-corrected chi connectivity index (χ2v) is 3.82. The second-order valence-electron chi connectivity index (χ2n) is 3.82. The van der Waals surface area contributed by atoms with E-state index in [1.165, 1.54) is 0 Å². The number of hydrogen-bond acceptors (Lipinski definition) is 7. The van der Waals surface area contributed by atoms with Crippen LogP contribution in [0.5, 0.6) is 0 Å². The van der Waals surface area contributed by atoms with E-state index in [0.29, 0.717) is 6.42 Å². The lowest BCUT2D eigenvalue weighted by molar-refractivity contribution is -0.791. The average Bonchev–Trinajstić information content (AvgIpc) is 2.55. The third-order valence-electron chi connectivity index (χ3n) is 2.66. The van der Waals surface area contributed by atoms with Crippen LogP contribution in [0.4, 0.5) is 0 Å². The normalized spacial score (nSPS) is 26.7. The van der Waals surface area contributed by atoms with Crippen molar-refractivity contribution in [2.45, 2.75) is 44.0 Å². The fourth-order valence-electron chi connectivity index (χ4n) is 1.67. The highest BCUT2D eigenvalue weighted by Crippen LogP contribution is 2.34. The molecule has 17 heavy (non-hydrogen) atoms. The number of rotatable bonds is 7. The van der Waals surface area contributed by atoms with Gasteiger partial charge in [-0.25, -0.2) is 5.26 Å². The van der Waals surface area contributed by atoms with E-state index in [0.717, 1.165) is 19.3 Å². The van der Waals surface area contributed by atoms with Crippen molar-refractivity contribution in [3.05, 3.63) is 12.2 Å². The lowest BCUT2D eigenvalue weighted by atomic mass is 9.72. The van der Waals surface area contributed by atoms with E-state index < -0.39 is 5.60 Å². The molecule has 0 aromatic heterocycles. The van der Waals surface area contributed by atoms with Gasteiger partial charge in [-0.3, -0.25) is 0 Å². The smallest absolute Gasteiger partial charge is 0.120 e. The summed E-state index contributed by atoms with van der Waals surface area (Å²) in [6.07, 6.45) is 7.51. The topological polar surface area (TPSA) is 75.6 Å². The molecule has 0 amide bonds. The molecular weight excluding hydrogens is 231 g/mol. The van der Waals surface area contributed by atoms with Gasteiger partial charge in [0.2, 0.25) is 0 Å². The Labute approximate surface area is 100 Å². The summed E-state index contributed by atoms with van der Waals surface area (Å²) in [5.74, 6) is -0.296. The fourth-order valence-corrected chi connectivity index (χ4v) is 1.67. The van der Waals surface area contributed by atoms with Crippen molar-refractivity contribution >= 4 is 7.85 Å². The lowest BCUT2D eigenvalue weighted by Gasteiger charge is -2.31. The van der Waals surface area contributed by atoms with E-state index in [1.807, 2.05) is 12.2 Å². The van der Waals surface area contributed by atoms with Crippen LogP contribution < -0.4 is 0 Å². The Morgan fingerprint density at radius 1 is 1.24 bits per heavy atom. The Morgan fingerprint density at radius 2 is 2.00 bits per heavy atom. The molecule has 0 heterocycles. The monoisotopic (exact) mass is 246 g/mol. The summed E-state index contributed by atoms with van der Waals surface area (Å²) in [5, 5.41) is 26.4.